The summed E-state index contributed by atoms with van der Waals surface area (Å²) in [6.45, 7) is 6.47. The molecule has 1 aliphatic heterocycles. The molecule has 2 amide bonds. The highest BCUT2D eigenvalue weighted by molar-refractivity contribution is 5.75. The Kier molecular flexibility index (Phi) is 5.26. The number of ether oxygens (including phenoxy) is 1. The molecule has 0 radical (unpaired) electrons. The van der Waals surface area contributed by atoms with Crippen molar-refractivity contribution >= 4 is 6.03 Å². The van der Waals surface area contributed by atoms with E-state index < -0.39 is 6.10 Å². The maximum Gasteiger partial charge on any atom is 0.318 e. The fourth-order valence-electron chi connectivity index (χ4n) is 3.32. The summed E-state index contributed by atoms with van der Waals surface area (Å²) in [6.07, 6.45) is 2.84. The Hall–Kier alpha value is -3.27. The fraction of sp³-hybridized carbons (Fsp3) is 0.421. The summed E-state index contributed by atoms with van der Waals surface area (Å²) >= 11 is 0. The smallest absolute Gasteiger partial charge is 0.318 e. The summed E-state index contributed by atoms with van der Waals surface area (Å²) in [5.41, 5.74) is 1.90. The molecule has 0 saturated carbocycles. The molecule has 1 saturated heterocycles. The highest BCUT2D eigenvalue weighted by atomic mass is 16.5. The molecule has 0 aliphatic carbocycles. The highest BCUT2D eigenvalue weighted by Crippen LogP contribution is 2.24. The van der Waals surface area contributed by atoms with Crippen LogP contribution in [0.15, 0.2) is 41.2 Å². The Labute approximate surface area is 167 Å². The van der Waals surface area contributed by atoms with Crippen molar-refractivity contribution in [1.82, 2.24) is 35.4 Å². The van der Waals surface area contributed by atoms with Crippen molar-refractivity contribution in [2.24, 2.45) is 0 Å². The van der Waals surface area contributed by atoms with Gasteiger partial charge in [-0.05, 0) is 38.5 Å². The van der Waals surface area contributed by atoms with Crippen LogP contribution in [0.1, 0.15) is 43.3 Å². The van der Waals surface area contributed by atoms with E-state index in [1.165, 1.54) is 0 Å². The van der Waals surface area contributed by atoms with Crippen molar-refractivity contribution in [2.75, 3.05) is 13.1 Å². The van der Waals surface area contributed by atoms with Crippen LogP contribution < -0.4 is 5.32 Å². The molecule has 1 fully saturated rings. The van der Waals surface area contributed by atoms with E-state index in [1.807, 2.05) is 38.1 Å². The number of rotatable bonds is 4. The van der Waals surface area contributed by atoms with Crippen LogP contribution in [-0.4, -0.2) is 55.3 Å². The minimum Gasteiger partial charge on any atom is -0.362 e. The van der Waals surface area contributed by atoms with Gasteiger partial charge >= 0.3 is 6.03 Å². The zero-order chi connectivity index (χ0) is 20.4. The van der Waals surface area contributed by atoms with Crippen LogP contribution >= 0.6 is 0 Å². The van der Waals surface area contributed by atoms with Crippen molar-refractivity contribution in [1.29, 1.82) is 0 Å². The number of benzene rings is 1. The van der Waals surface area contributed by atoms with Gasteiger partial charge in [0.25, 0.3) is 5.89 Å². The average Bonchev–Trinajstić information content (AvgIpc) is 3.39. The number of carbonyl (C=O) groups is 1. The van der Waals surface area contributed by atoms with E-state index in [0.29, 0.717) is 24.8 Å². The molecule has 1 aliphatic rings. The Morgan fingerprint density at radius 2 is 2.07 bits per heavy atom. The number of nitrogens with zero attached hydrogens (tertiary/aromatic N) is 6. The van der Waals surface area contributed by atoms with Gasteiger partial charge in [0.2, 0.25) is 0 Å². The highest BCUT2D eigenvalue weighted by Gasteiger charge is 2.33. The second kappa shape index (κ2) is 8.00. The zero-order valence-electron chi connectivity index (χ0n) is 16.5. The lowest BCUT2D eigenvalue weighted by molar-refractivity contribution is -0.0783. The first-order valence-corrected chi connectivity index (χ1v) is 9.47. The summed E-state index contributed by atoms with van der Waals surface area (Å²) in [4.78, 5) is 18.8. The average molecular weight is 397 g/mol. The van der Waals surface area contributed by atoms with Crippen LogP contribution in [0, 0.1) is 6.92 Å². The van der Waals surface area contributed by atoms with Gasteiger partial charge in [0.05, 0.1) is 36.8 Å². The lowest BCUT2D eigenvalue weighted by Gasteiger charge is -2.35. The second-order valence-electron chi connectivity index (χ2n) is 7.13. The molecular formula is C19H23N7O3. The lowest BCUT2D eigenvalue weighted by atomic mass is 10.1. The number of nitrogens with one attached hydrogen (secondary N) is 1. The van der Waals surface area contributed by atoms with E-state index in [0.717, 1.165) is 11.3 Å². The molecule has 0 bridgehead atoms. The topological polar surface area (TPSA) is 111 Å². The quantitative estimate of drug-likeness (QED) is 0.718. The van der Waals surface area contributed by atoms with E-state index in [2.05, 4.69) is 25.8 Å². The van der Waals surface area contributed by atoms with E-state index in [1.54, 1.807) is 28.9 Å². The largest absolute Gasteiger partial charge is 0.362 e. The Morgan fingerprint density at radius 1 is 1.28 bits per heavy atom. The number of carbonyl (C=O) groups excluding carboxylic acids is 1. The third-order valence-electron chi connectivity index (χ3n) is 4.79. The molecule has 1 aromatic carbocycles. The molecule has 3 heterocycles. The van der Waals surface area contributed by atoms with Gasteiger partial charge in [-0.1, -0.05) is 22.5 Å². The van der Waals surface area contributed by atoms with E-state index in [4.69, 9.17) is 9.26 Å². The molecule has 3 atom stereocenters. The molecule has 10 heteroatoms. The molecular weight excluding hydrogens is 374 g/mol. The van der Waals surface area contributed by atoms with Crippen LogP contribution in [0.25, 0.3) is 5.69 Å². The van der Waals surface area contributed by atoms with Gasteiger partial charge in [-0.2, -0.15) is 4.98 Å². The molecule has 1 unspecified atom stereocenters. The van der Waals surface area contributed by atoms with E-state index >= 15 is 0 Å². The van der Waals surface area contributed by atoms with Crippen LogP contribution in [0.3, 0.4) is 0 Å². The number of amides is 2. The van der Waals surface area contributed by atoms with E-state index in [-0.39, 0.29) is 18.2 Å². The Bertz CT molecular complexity index is 955. The molecule has 0 spiro atoms. The molecule has 4 rings (SSSR count). The molecule has 10 nitrogen and oxygen atoms in total. The van der Waals surface area contributed by atoms with Gasteiger partial charge < -0.3 is 19.5 Å². The van der Waals surface area contributed by atoms with E-state index in [9.17, 15) is 4.79 Å². The number of hydrogen-bond donors (Lipinski definition) is 1. The third kappa shape index (κ3) is 4.27. The second-order valence-corrected chi connectivity index (χ2v) is 7.13. The SMILES string of the molecule is Cc1noc([C@H]2CN(C(=O)NC(C)c3ccc(-n4ccnn4)cc3)C[C@@H](C)O2)n1. The minimum absolute atomic E-state index is 0.135. The van der Waals surface area contributed by atoms with Gasteiger partial charge in [0, 0.05) is 6.54 Å². The first-order chi connectivity index (χ1) is 14.0. The normalized spacial score (nSPS) is 20.4. The van der Waals surface area contributed by atoms with Crippen LogP contribution in [0.5, 0.6) is 0 Å². The summed E-state index contributed by atoms with van der Waals surface area (Å²) in [5, 5.41) is 14.6. The van der Waals surface area contributed by atoms with Gasteiger partial charge in [-0.3, -0.25) is 0 Å². The summed E-state index contributed by atoms with van der Waals surface area (Å²) < 4.78 is 12.8. The monoisotopic (exact) mass is 397 g/mol. The van der Waals surface area contributed by atoms with Gasteiger partial charge in [-0.25, -0.2) is 9.48 Å². The predicted octanol–water partition coefficient (Wildman–Crippen LogP) is 2.19. The molecule has 2 aromatic heterocycles. The molecule has 29 heavy (non-hydrogen) atoms. The zero-order valence-corrected chi connectivity index (χ0v) is 16.5. The van der Waals surface area contributed by atoms with Gasteiger partial charge in [0.1, 0.15) is 0 Å². The summed E-state index contributed by atoms with van der Waals surface area (Å²) in [6, 6.07) is 7.50. The van der Waals surface area contributed by atoms with Gasteiger partial charge in [0.15, 0.2) is 11.9 Å². The van der Waals surface area contributed by atoms with Crippen LogP contribution in [0.2, 0.25) is 0 Å². The molecule has 152 valence electrons. The lowest BCUT2D eigenvalue weighted by Crippen LogP contribution is -2.50. The number of aryl methyl sites for hydroxylation is 1. The first-order valence-electron chi connectivity index (χ1n) is 9.47. The Morgan fingerprint density at radius 3 is 2.72 bits per heavy atom. The standard InChI is InChI=1S/C19H23N7O3/c1-12-10-25(11-17(28-12)18-22-14(3)23-29-18)19(27)21-13(2)15-4-6-16(7-5-15)26-9-8-20-24-26/h4-9,12-13,17H,10-11H2,1-3H3,(H,21,27)/t12-,13?,17-/m1/s1. The van der Waals surface area contributed by atoms with Crippen molar-refractivity contribution in [2.45, 2.75) is 39.0 Å². The summed E-state index contributed by atoms with van der Waals surface area (Å²) in [7, 11) is 0. The molecule has 3 aromatic rings. The third-order valence-corrected chi connectivity index (χ3v) is 4.79. The van der Waals surface area contributed by atoms with Crippen LogP contribution in [0.4, 0.5) is 4.79 Å². The Balaban J connectivity index is 1.40. The van der Waals surface area contributed by atoms with Gasteiger partial charge in [-0.15, -0.1) is 5.10 Å². The maximum absolute atomic E-state index is 12.8. The predicted molar refractivity (Wildman–Crippen MR) is 102 cm³/mol. The number of aromatic nitrogens is 5. The fourth-order valence-corrected chi connectivity index (χ4v) is 3.32. The van der Waals surface area contributed by atoms with Crippen molar-refractivity contribution in [3.05, 3.63) is 53.9 Å². The van der Waals surface area contributed by atoms with Crippen LogP contribution in [-0.2, 0) is 4.74 Å². The van der Waals surface area contributed by atoms with Crippen molar-refractivity contribution in [3.63, 3.8) is 0 Å². The van der Waals surface area contributed by atoms with Crippen molar-refractivity contribution < 1.29 is 14.1 Å². The summed E-state index contributed by atoms with van der Waals surface area (Å²) in [5.74, 6) is 0.935. The van der Waals surface area contributed by atoms with Crippen molar-refractivity contribution in [3.8, 4) is 5.69 Å². The number of urea groups is 1. The maximum atomic E-state index is 12.8. The molecule has 1 N–H and O–H groups in total. The number of morpholine rings is 1. The minimum atomic E-state index is -0.428. The first kappa shape index (κ1) is 19.1. The number of hydrogen-bond acceptors (Lipinski definition) is 7.